The van der Waals surface area contributed by atoms with Gasteiger partial charge in [0.15, 0.2) is 0 Å². The highest BCUT2D eigenvalue weighted by Gasteiger charge is 2.40. The molecular weight excluding hydrogens is 282 g/mol. The van der Waals surface area contributed by atoms with Gasteiger partial charge < -0.3 is 10.8 Å². The number of carbonyl (C=O) groups excluding carboxylic acids is 1. The van der Waals surface area contributed by atoms with Gasteiger partial charge in [0.1, 0.15) is 5.41 Å². The molecule has 0 aliphatic heterocycles. The van der Waals surface area contributed by atoms with Crippen LogP contribution in [-0.4, -0.2) is 17.0 Å². The fourth-order valence-corrected chi connectivity index (χ4v) is 2.67. The molecule has 1 unspecified atom stereocenters. The first-order valence-electron chi connectivity index (χ1n) is 4.12. The van der Waals surface area contributed by atoms with E-state index in [2.05, 4.69) is 15.9 Å². The second-order valence-corrected chi connectivity index (χ2v) is 5.32. The molecule has 15 heavy (non-hydrogen) atoms. The molecule has 1 rings (SSSR count). The van der Waals surface area contributed by atoms with Crippen molar-refractivity contribution in [1.29, 1.82) is 0 Å². The average molecular weight is 292 g/mol. The van der Waals surface area contributed by atoms with Crippen LogP contribution >= 0.6 is 27.3 Å². The van der Waals surface area contributed by atoms with Crippen molar-refractivity contribution in [3.63, 3.8) is 0 Å². The molecular formula is C9H10BrNO3S. The minimum Gasteiger partial charge on any atom is -0.480 e. The maximum atomic E-state index is 11.1. The molecule has 0 saturated carbocycles. The number of carboxylic acids is 1. The van der Waals surface area contributed by atoms with Crippen molar-refractivity contribution in [3.05, 3.63) is 20.8 Å². The summed E-state index contributed by atoms with van der Waals surface area (Å²) in [5.41, 5.74) is 3.56. The molecule has 0 aliphatic rings. The highest BCUT2D eigenvalue weighted by molar-refractivity contribution is 9.10. The van der Waals surface area contributed by atoms with E-state index in [1.807, 2.05) is 5.38 Å². The van der Waals surface area contributed by atoms with Crippen LogP contribution in [0.4, 0.5) is 0 Å². The zero-order valence-electron chi connectivity index (χ0n) is 7.99. The zero-order valence-corrected chi connectivity index (χ0v) is 10.4. The van der Waals surface area contributed by atoms with Gasteiger partial charge in [0, 0.05) is 21.2 Å². The van der Waals surface area contributed by atoms with Gasteiger partial charge >= 0.3 is 5.97 Å². The van der Waals surface area contributed by atoms with Gasteiger partial charge in [-0.3, -0.25) is 9.59 Å². The number of rotatable bonds is 4. The van der Waals surface area contributed by atoms with Crippen LogP contribution < -0.4 is 5.73 Å². The number of primary amides is 1. The number of aliphatic carboxylic acids is 1. The van der Waals surface area contributed by atoms with Gasteiger partial charge in [-0.05, 0) is 28.9 Å². The van der Waals surface area contributed by atoms with Crippen LogP contribution in [0.1, 0.15) is 11.8 Å². The van der Waals surface area contributed by atoms with Crippen molar-refractivity contribution in [3.8, 4) is 0 Å². The Balaban J connectivity index is 2.94. The molecule has 1 atom stereocenters. The topological polar surface area (TPSA) is 80.4 Å². The Kier molecular flexibility index (Phi) is 3.51. The monoisotopic (exact) mass is 291 g/mol. The Morgan fingerprint density at radius 1 is 1.67 bits per heavy atom. The van der Waals surface area contributed by atoms with Gasteiger partial charge in [0.25, 0.3) is 0 Å². The number of carboxylic acid groups (broad SMARTS) is 1. The highest BCUT2D eigenvalue weighted by atomic mass is 79.9. The summed E-state index contributed by atoms with van der Waals surface area (Å²) in [5, 5.41) is 10.8. The summed E-state index contributed by atoms with van der Waals surface area (Å²) in [4.78, 5) is 22.9. The van der Waals surface area contributed by atoms with E-state index in [-0.39, 0.29) is 6.42 Å². The van der Waals surface area contributed by atoms with Crippen LogP contribution in [0.25, 0.3) is 0 Å². The number of thiophene rings is 1. The van der Waals surface area contributed by atoms with Crippen molar-refractivity contribution in [2.75, 3.05) is 0 Å². The first-order chi connectivity index (χ1) is 6.86. The van der Waals surface area contributed by atoms with E-state index in [0.717, 1.165) is 9.35 Å². The maximum Gasteiger partial charge on any atom is 0.319 e. The molecule has 3 N–H and O–H groups in total. The summed E-state index contributed by atoms with van der Waals surface area (Å²) in [5.74, 6) is -2.01. The number of nitrogens with two attached hydrogens (primary N) is 1. The summed E-state index contributed by atoms with van der Waals surface area (Å²) in [7, 11) is 0. The molecule has 4 nitrogen and oxygen atoms in total. The molecule has 0 saturated heterocycles. The lowest BCUT2D eigenvalue weighted by Crippen LogP contribution is -2.42. The number of carbonyl (C=O) groups is 2. The molecule has 0 bridgehead atoms. The molecule has 1 amide bonds. The van der Waals surface area contributed by atoms with Crippen molar-refractivity contribution in [1.82, 2.24) is 0 Å². The number of hydrogen-bond donors (Lipinski definition) is 2. The third kappa shape index (κ3) is 2.57. The van der Waals surface area contributed by atoms with E-state index in [4.69, 9.17) is 10.8 Å². The summed E-state index contributed by atoms with van der Waals surface area (Å²) in [6.07, 6.45) is 0.119. The summed E-state index contributed by atoms with van der Waals surface area (Å²) >= 11 is 4.65. The predicted molar refractivity (Wildman–Crippen MR) is 60.7 cm³/mol. The summed E-state index contributed by atoms with van der Waals surface area (Å²) < 4.78 is 0.875. The molecule has 1 heterocycles. The van der Waals surface area contributed by atoms with E-state index < -0.39 is 17.3 Å². The molecule has 1 aromatic heterocycles. The van der Waals surface area contributed by atoms with Crippen LogP contribution in [0.15, 0.2) is 15.9 Å². The Morgan fingerprint density at radius 2 is 2.27 bits per heavy atom. The maximum absolute atomic E-state index is 11.1. The summed E-state index contributed by atoms with van der Waals surface area (Å²) in [6.45, 7) is 1.34. The lowest BCUT2D eigenvalue weighted by molar-refractivity contribution is -0.153. The fourth-order valence-electron chi connectivity index (χ4n) is 1.06. The molecule has 0 radical (unpaired) electrons. The zero-order chi connectivity index (χ0) is 11.6. The van der Waals surface area contributed by atoms with E-state index in [1.54, 1.807) is 6.07 Å². The smallest absolute Gasteiger partial charge is 0.319 e. The van der Waals surface area contributed by atoms with E-state index >= 15 is 0 Å². The third-order valence-electron chi connectivity index (χ3n) is 2.17. The second kappa shape index (κ2) is 4.32. The molecule has 82 valence electrons. The molecule has 0 aliphatic carbocycles. The van der Waals surface area contributed by atoms with Crippen molar-refractivity contribution in [2.45, 2.75) is 13.3 Å². The van der Waals surface area contributed by atoms with E-state index in [9.17, 15) is 9.59 Å². The quantitative estimate of drug-likeness (QED) is 0.828. The SMILES string of the molecule is CC(Cc1cc(Br)cs1)(C(N)=O)C(=O)O. The average Bonchev–Trinajstić information content (AvgIpc) is 2.50. The van der Waals surface area contributed by atoms with Gasteiger partial charge in [-0.15, -0.1) is 11.3 Å². The van der Waals surface area contributed by atoms with Crippen LogP contribution in [0, 0.1) is 5.41 Å². The lowest BCUT2D eigenvalue weighted by atomic mass is 9.85. The van der Waals surface area contributed by atoms with E-state index in [1.165, 1.54) is 18.3 Å². The van der Waals surface area contributed by atoms with Crippen molar-refractivity contribution in [2.24, 2.45) is 11.1 Å². The molecule has 1 aromatic rings. The van der Waals surface area contributed by atoms with Crippen LogP contribution in [-0.2, 0) is 16.0 Å². The molecule has 0 spiro atoms. The van der Waals surface area contributed by atoms with Gasteiger partial charge in [0.2, 0.25) is 5.91 Å². The standard InChI is InChI=1S/C9H10BrNO3S/c1-9(7(11)12,8(13)14)3-6-2-5(10)4-15-6/h2,4H,3H2,1H3,(H2,11,12)(H,13,14). The van der Waals surface area contributed by atoms with Gasteiger partial charge in [-0.1, -0.05) is 0 Å². The highest BCUT2D eigenvalue weighted by Crippen LogP contribution is 2.28. The molecule has 6 heteroatoms. The Bertz CT molecular complexity index is 388. The first kappa shape index (κ1) is 12.2. The predicted octanol–water partition coefficient (Wildman–Crippen LogP) is 1.63. The normalized spacial score (nSPS) is 14.5. The minimum absolute atomic E-state index is 0.119. The fraction of sp³-hybridized carbons (Fsp3) is 0.333. The Labute approximate surface area is 99.2 Å². The van der Waals surface area contributed by atoms with Crippen molar-refractivity contribution < 1.29 is 14.7 Å². The number of halogens is 1. The van der Waals surface area contributed by atoms with Crippen LogP contribution in [0.2, 0.25) is 0 Å². The third-order valence-corrected chi connectivity index (χ3v) is 3.86. The number of amides is 1. The largest absolute Gasteiger partial charge is 0.480 e. The molecule has 0 fully saturated rings. The van der Waals surface area contributed by atoms with Crippen molar-refractivity contribution >= 4 is 39.1 Å². The van der Waals surface area contributed by atoms with Crippen LogP contribution in [0.3, 0.4) is 0 Å². The lowest BCUT2D eigenvalue weighted by Gasteiger charge is -2.19. The number of hydrogen-bond acceptors (Lipinski definition) is 3. The van der Waals surface area contributed by atoms with E-state index in [0.29, 0.717) is 0 Å². The van der Waals surface area contributed by atoms with Crippen LogP contribution in [0.5, 0.6) is 0 Å². The second-order valence-electron chi connectivity index (χ2n) is 3.41. The first-order valence-corrected chi connectivity index (χ1v) is 5.80. The Morgan fingerprint density at radius 3 is 2.60 bits per heavy atom. The van der Waals surface area contributed by atoms with Gasteiger partial charge in [-0.25, -0.2) is 0 Å². The minimum atomic E-state index is -1.54. The summed E-state index contributed by atoms with van der Waals surface area (Å²) in [6, 6.07) is 1.79. The van der Waals surface area contributed by atoms with Gasteiger partial charge in [-0.2, -0.15) is 0 Å². The molecule has 0 aromatic carbocycles. The Hall–Kier alpha value is -0.880. The van der Waals surface area contributed by atoms with Gasteiger partial charge in [0.05, 0.1) is 0 Å².